The van der Waals surface area contributed by atoms with Gasteiger partial charge in [-0.25, -0.2) is 0 Å². The quantitative estimate of drug-likeness (QED) is 0.435. The van der Waals surface area contributed by atoms with E-state index >= 15 is 0 Å². The fourth-order valence-corrected chi connectivity index (χ4v) is 6.77. The number of nitrogens with one attached hydrogen (secondary N) is 2. The first kappa shape index (κ1) is 23.0. The number of nitriles is 1. The van der Waals surface area contributed by atoms with Gasteiger partial charge in [-0.15, -0.1) is 22.7 Å². The fourth-order valence-electron chi connectivity index (χ4n) is 4.32. The van der Waals surface area contributed by atoms with Crippen LogP contribution in [-0.2, 0) is 16.0 Å². The molecule has 4 aromatic rings. The highest BCUT2D eigenvalue weighted by atomic mass is 32.1. The van der Waals surface area contributed by atoms with Crippen LogP contribution in [0.1, 0.15) is 29.1 Å². The molecule has 0 aliphatic carbocycles. The molecule has 5 heterocycles. The molecule has 0 bridgehead atoms. The summed E-state index contributed by atoms with van der Waals surface area (Å²) in [5, 5.41) is 15.7. The van der Waals surface area contributed by atoms with E-state index in [9.17, 15) is 10.1 Å². The Morgan fingerprint density at radius 3 is 2.97 bits per heavy atom. The van der Waals surface area contributed by atoms with Gasteiger partial charge in [0.1, 0.15) is 12.1 Å². The van der Waals surface area contributed by atoms with Crippen LogP contribution < -0.4 is 10.6 Å². The van der Waals surface area contributed by atoms with Gasteiger partial charge in [0.25, 0.3) is 5.91 Å². The average Bonchev–Trinajstić information content (AvgIpc) is 3.45. The van der Waals surface area contributed by atoms with Crippen molar-refractivity contribution in [3.63, 3.8) is 0 Å². The second-order valence-electron chi connectivity index (χ2n) is 8.71. The number of ether oxygens (including phenoxy) is 1. The summed E-state index contributed by atoms with van der Waals surface area (Å²) in [6, 6.07) is 8.21. The summed E-state index contributed by atoms with van der Waals surface area (Å²) in [7, 11) is 0. The van der Waals surface area contributed by atoms with Crippen LogP contribution in [0.25, 0.3) is 25.4 Å². The molecule has 1 aliphatic rings. The highest BCUT2D eigenvalue weighted by Gasteiger charge is 2.23. The van der Waals surface area contributed by atoms with Crippen molar-refractivity contribution in [1.29, 1.82) is 5.26 Å². The van der Waals surface area contributed by atoms with Gasteiger partial charge in [-0.3, -0.25) is 9.78 Å². The van der Waals surface area contributed by atoms with Gasteiger partial charge in [0.2, 0.25) is 0 Å². The summed E-state index contributed by atoms with van der Waals surface area (Å²) in [4.78, 5) is 19.5. The highest BCUT2D eigenvalue weighted by molar-refractivity contribution is 7.29. The largest absolute Gasteiger partial charge is 0.367 e. The van der Waals surface area contributed by atoms with E-state index in [-0.39, 0.29) is 5.91 Å². The van der Waals surface area contributed by atoms with E-state index in [1.54, 1.807) is 22.7 Å². The molecule has 2 N–H and O–H groups in total. The molecular formula is C25H27N5O2S2. The third-order valence-electron chi connectivity index (χ3n) is 6.00. The third-order valence-corrected chi connectivity index (χ3v) is 8.36. The van der Waals surface area contributed by atoms with Crippen LogP contribution in [0.2, 0.25) is 0 Å². The molecule has 9 heteroatoms. The minimum absolute atomic E-state index is 0.220. The van der Waals surface area contributed by atoms with E-state index < -0.39 is 12.1 Å². The lowest BCUT2D eigenvalue weighted by Gasteiger charge is -2.22. The molecule has 1 saturated heterocycles. The van der Waals surface area contributed by atoms with E-state index in [4.69, 9.17) is 4.74 Å². The Kier molecular flexibility index (Phi) is 6.66. The number of carbonyl (C=O) groups is 1. The van der Waals surface area contributed by atoms with Crippen molar-refractivity contribution in [1.82, 2.24) is 20.0 Å². The molecule has 5 rings (SSSR count). The maximum Gasteiger partial charge on any atom is 0.251 e. The van der Waals surface area contributed by atoms with Gasteiger partial charge >= 0.3 is 0 Å². The highest BCUT2D eigenvalue weighted by Crippen LogP contribution is 2.39. The van der Waals surface area contributed by atoms with E-state index in [1.807, 2.05) is 20.0 Å². The zero-order valence-corrected chi connectivity index (χ0v) is 20.9. The minimum Gasteiger partial charge on any atom is -0.367 e. The first-order valence-electron chi connectivity index (χ1n) is 11.5. The van der Waals surface area contributed by atoms with Crippen molar-refractivity contribution in [2.24, 2.45) is 0 Å². The maximum absolute atomic E-state index is 12.6. The first-order valence-corrected chi connectivity index (χ1v) is 13.1. The zero-order chi connectivity index (χ0) is 23.7. The first-order chi connectivity index (χ1) is 16.5. The molecular weight excluding hydrogens is 466 g/mol. The Balaban J connectivity index is 1.28. The van der Waals surface area contributed by atoms with Crippen molar-refractivity contribution in [2.75, 3.05) is 19.7 Å². The molecule has 1 aliphatic heterocycles. The molecule has 34 heavy (non-hydrogen) atoms. The molecule has 0 radical (unpaired) electrons. The van der Waals surface area contributed by atoms with Crippen LogP contribution in [0.5, 0.6) is 0 Å². The molecule has 176 valence electrons. The van der Waals surface area contributed by atoms with Gasteiger partial charge < -0.3 is 19.8 Å². The van der Waals surface area contributed by atoms with E-state index in [0.29, 0.717) is 19.6 Å². The lowest BCUT2D eigenvalue weighted by Crippen LogP contribution is -2.47. The molecule has 7 nitrogen and oxygen atoms in total. The van der Waals surface area contributed by atoms with Gasteiger partial charge in [-0.05, 0) is 51.4 Å². The summed E-state index contributed by atoms with van der Waals surface area (Å²) < 4.78 is 10.2. The number of aromatic nitrogens is 2. The lowest BCUT2D eigenvalue weighted by molar-refractivity contribution is -0.133. The SMILES string of the molecule is Cc1cn2cc(-c3cc4sc(C[C@@H](C#N)NC(=O)[C@@H]5CNCCCCO5)cc4s3)cc2c(C)n1. The Labute approximate surface area is 206 Å². The van der Waals surface area contributed by atoms with Crippen LogP contribution in [0.4, 0.5) is 0 Å². The molecule has 0 spiro atoms. The van der Waals surface area contributed by atoms with Gasteiger partial charge in [-0.1, -0.05) is 0 Å². The molecule has 1 fully saturated rings. The predicted molar refractivity (Wildman–Crippen MR) is 136 cm³/mol. The van der Waals surface area contributed by atoms with Crippen molar-refractivity contribution < 1.29 is 9.53 Å². The van der Waals surface area contributed by atoms with Crippen LogP contribution in [-0.4, -0.2) is 47.1 Å². The second-order valence-corrected chi connectivity index (χ2v) is 11.0. The van der Waals surface area contributed by atoms with Crippen molar-refractivity contribution in [3.8, 4) is 16.5 Å². The maximum atomic E-state index is 12.6. The summed E-state index contributed by atoms with van der Waals surface area (Å²) in [5.74, 6) is -0.220. The van der Waals surface area contributed by atoms with E-state index in [0.717, 1.165) is 41.2 Å². The number of thiophene rings is 2. The van der Waals surface area contributed by atoms with Crippen molar-refractivity contribution >= 4 is 43.5 Å². The number of carbonyl (C=O) groups excluding carboxylic acids is 1. The summed E-state index contributed by atoms with van der Waals surface area (Å²) >= 11 is 3.43. The fraction of sp³-hybridized carbons (Fsp3) is 0.400. The molecule has 2 atom stereocenters. The van der Waals surface area contributed by atoms with E-state index in [2.05, 4.69) is 50.5 Å². The predicted octanol–water partition coefficient (Wildman–Crippen LogP) is 4.21. The van der Waals surface area contributed by atoms with Crippen LogP contribution in [0.3, 0.4) is 0 Å². The van der Waals surface area contributed by atoms with Crippen LogP contribution in [0, 0.1) is 25.2 Å². The Morgan fingerprint density at radius 2 is 2.15 bits per heavy atom. The standard InChI is InChI=1S/C25H27N5O2S2/c1-15-13-30-14-17(7-20(30)16(2)28-15)22-10-24-23(34-22)9-19(33-24)8-18(11-26)29-25(31)21-12-27-5-3-4-6-32-21/h7,9-10,13-14,18,21,27H,3-6,8,12H2,1-2H3,(H,29,31)/t18-,21-/m0/s1. The molecule has 0 aromatic carbocycles. The second kappa shape index (κ2) is 9.84. The summed E-state index contributed by atoms with van der Waals surface area (Å²) in [6.45, 7) is 5.99. The molecule has 1 amide bonds. The summed E-state index contributed by atoms with van der Waals surface area (Å²) in [5.41, 5.74) is 4.33. The Hall–Kier alpha value is -2.77. The number of aryl methyl sites for hydroxylation is 2. The van der Waals surface area contributed by atoms with Gasteiger partial charge in [0.15, 0.2) is 0 Å². The molecule has 0 unspecified atom stereocenters. The zero-order valence-electron chi connectivity index (χ0n) is 19.3. The lowest BCUT2D eigenvalue weighted by atomic mass is 10.2. The minimum atomic E-state index is -0.579. The molecule has 4 aromatic heterocycles. The Morgan fingerprint density at radius 1 is 1.29 bits per heavy atom. The third kappa shape index (κ3) is 4.86. The molecule has 0 saturated carbocycles. The average molecular weight is 494 g/mol. The van der Waals surface area contributed by atoms with Gasteiger partial charge in [0, 0.05) is 56.7 Å². The van der Waals surface area contributed by atoms with Crippen molar-refractivity contribution in [2.45, 2.75) is 45.3 Å². The number of rotatable bonds is 5. The monoisotopic (exact) mass is 493 g/mol. The topological polar surface area (TPSA) is 91.5 Å². The van der Waals surface area contributed by atoms with Gasteiger partial charge in [-0.2, -0.15) is 5.26 Å². The number of fused-ring (bicyclic) bond motifs is 2. The number of hydrogen-bond donors (Lipinski definition) is 2. The number of amides is 1. The number of nitrogens with zero attached hydrogens (tertiary/aromatic N) is 3. The normalized spacial score (nSPS) is 17.9. The van der Waals surface area contributed by atoms with Crippen LogP contribution >= 0.6 is 22.7 Å². The van der Waals surface area contributed by atoms with Gasteiger partial charge in [0.05, 0.1) is 23.0 Å². The van der Waals surface area contributed by atoms with Crippen molar-refractivity contribution in [3.05, 3.63) is 46.9 Å². The van der Waals surface area contributed by atoms with Crippen LogP contribution in [0.15, 0.2) is 30.6 Å². The summed E-state index contributed by atoms with van der Waals surface area (Å²) in [6.07, 6.45) is 6.12. The Bertz CT molecular complexity index is 1340. The van der Waals surface area contributed by atoms with E-state index in [1.165, 1.54) is 19.8 Å². The number of hydrogen-bond acceptors (Lipinski definition) is 7. The smallest absolute Gasteiger partial charge is 0.251 e.